The Hall–Kier alpha value is -3.79. The second-order valence-electron chi connectivity index (χ2n) is 9.60. The van der Waals surface area contributed by atoms with E-state index < -0.39 is 0 Å². The largest absolute Gasteiger partial charge is 0.437 e. The quantitative estimate of drug-likeness (QED) is 0.263. The molecule has 0 radical (unpaired) electrons. The molecule has 0 aliphatic carbocycles. The summed E-state index contributed by atoms with van der Waals surface area (Å²) >= 11 is 1.52. The summed E-state index contributed by atoms with van der Waals surface area (Å²) in [6, 6.07) is 18.2. The highest BCUT2D eigenvalue weighted by Gasteiger charge is 2.20. The van der Waals surface area contributed by atoms with Crippen molar-refractivity contribution in [3.63, 3.8) is 0 Å². The van der Waals surface area contributed by atoms with E-state index in [0.717, 1.165) is 35.5 Å². The van der Waals surface area contributed by atoms with Crippen LogP contribution in [0, 0.1) is 0 Å². The van der Waals surface area contributed by atoms with Gasteiger partial charge < -0.3 is 20.3 Å². The lowest BCUT2D eigenvalue weighted by Crippen LogP contribution is -2.41. The van der Waals surface area contributed by atoms with Crippen molar-refractivity contribution in [2.24, 2.45) is 0 Å². The molecule has 8 nitrogen and oxygen atoms in total. The zero-order valence-electron chi connectivity index (χ0n) is 21.7. The highest BCUT2D eigenvalue weighted by Crippen LogP contribution is 2.33. The molecular weight excluding hydrogens is 496 g/mol. The number of rotatable bonds is 9. The van der Waals surface area contributed by atoms with Gasteiger partial charge >= 0.3 is 0 Å². The van der Waals surface area contributed by atoms with Gasteiger partial charge in [-0.3, -0.25) is 9.69 Å². The van der Waals surface area contributed by atoms with Gasteiger partial charge in [0.15, 0.2) is 0 Å². The van der Waals surface area contributed by atoms with Crippen molar-refractivity contribution in [3.05, 3.63) is 78.2 Å². The van der Waals surface area contributed by atoms with E-state index >= 15 is 0 Å². The average Bonchev–Trinajstić information content (AvgIpc) is 3.39. The number of thiophene rings is 1. The van der Waals surface area contributed by atoms with Gasteiger partial charge in [0, 0.05) is 30.0 Å². The fourth-order valence-electron chi connectivity index (χ4n) is 4.58. The molecule has 5 rings (SSSR count). The number of amides is 1. The fourth-order valence-corrected chi connectivity index (χ4v) is 5.33. The third kappa shape index (κ3) is 6.36. The normalized spacial score (nSPS) is 14.5. The Morgan fingerprint density at radius 2 is 1.92 bits per heavy atom. The number of anilines is 3. The Kier molecular flexibility index (Phi) is 7.97. The number of hydrogen-bond acceptors (Lipinski definition) is 8. The van der Waals surface area contributed by atoms with Crippen molar-refractivity contribution in [1.82, 2.24) is 19.8 Å². The van der Waals surface area contributed by atoms with Crippen LogP contribution in [0.4, 0.5) is 17.3 Å². The molecule has 196 valence electrons. The Morgan fingerprint density at radius 3 is 2.66 bits per heavy atom. The number of nitrogens with zero attached hydrogens (tertiary/aromatic N) is 4. The van der Waals surface area contributed by atoms with Crippen molar-refractivity contribution < 1.29 is 9.53 Å². The summed E-state index contributed by atoms with van der Waals surface area (Å²) in [5.74, 6) is 1.19. The van der Waals surface area contributed by atoms with E-state index in [2.05, 4.69) is 75.3 Å². The van der Waals surface area contributed by atoms with E-state index in [1.165, 1.54) is 35.8 Å². The number of benzene rings is 2. The summed E-state index contributed by atoms with van der Waals surface area (Å²) < 4.78 is 7.00. The summed E-state index contributed by atoms with van der Waals surface area (Å²) in [5, 5.41) is 8.03. The van der Waals surface area contributed by atoms with Crippen molar-refractivity contribution in [3.8, 4) is 11.6 Å². The number of hydrogen-bond donors (Lipinski definition) is 2. The van der Waals surface area contributed by atoms with E-state index in [4.69, 9.17) is 4.74 Å². The van der Waals surface area contributed by atoms with Gasteiger partial charge in [-0.2, -0.15) is 4.98 Å². The van der Waals surface area contributed by atoms with Gasteiger partial charge in [-0.25, -0.2) is 4.98 Å². The van der Waals surface area contributed by atoms with Gasteiger partial charge in [0.2, 0.25) is 17.7 Å². The first-order valence-electron chi connectivity index (χ1n) is 12.7. The number of carbonyl (C=O) groups excluding carboxylic acids is 1. The Balaban J connectivity index is 1.27. The minimum Gasteiger partial charge on any atom is -0.437 e. The highest BCUT2D eigenvalue weighted by molar-refractivity contribution is 7.17. The SMILES string of the molecule is C=CC(=O)Nc1cccc(Oc2nc(Nc3ccc(CN4CCC(N(C)C)CC4)cc3)nc3ccsc23)c1. The summed E-state index contributed by atoms with van der Waals surface area (Å²) in [6.45, 7) is 6.71. The molecule has 38 heavy (non-hydrogen) atoms. The molecule has 0 saturated carbocycles. The Bertz CT molecular complexity index is 1410. The van der Waals surface area contributed by atoms with Crippen molar-refractivity contribution in [1.29, 1.82) is 0 Å². The fraction of sp³-hybridized carbons (Fsp3) is 0.276. The highest BCUT2D eigenvalue weighted by atomic mass is 32.1. The van der Waals surface area contributed by atoms with Gasteiger partial charge in [-0.05, 0) is 87.4 Å². The van der Waals surface area contributed by atoms with Crippen LogP contribution in [-0.2, 0) is 11.3 Å². The predicted octanol–water partition coefficient (Wildman–Crippen LogP) is 5.88. The molecule has 1 fully saturated rings. The smallest absolute Gasteiger partial charge is 0.247 e. The van der Waals surface area contributed by atoms with Gasteiger partial charge in [0.25, 0.3) is 0 Å². The van der Waals surface area contributed by atoms with E-state index in [1.54, 1.807) is 12.1 Å². The second kappa shape index (κ2) is 11.7. The predicted molar refractivity (Wildman–Crippen MR) is 154 cm³/mol. The van der Waals surface area contributed by atoms with Crippen LogP contribution in [0.5, 0.6) is 11.6 Å². The zero-order chi connectivity index (χ0) is 26.5. The maximum Gasteiger partial charge on any atom is 0.247 e. The molecule has 0 unspecified atom stereocenters. The van der Waals surface area contributed by atoms with Crippen molar-refractivity contribution >= 4 is 44.8 Å². The molecule has 0 atom stereocenters. The number of aromatic nitrogens is 2. The number of nitrogens with one attached hydrogen (secondary N) is 2. The lowest BCUT2D eigenvalue weighted by Gasteiger charge is -2.35. The monoisotopic (exact) mass is 528 g/mol. The maximum atomic E-state index is 11.7. The van der Waals surface area contributed by atoms with Gasteiger partial charge in [-0.15, -0.1) is 11.3 Å². The first-order valence-corrected chi connectivity index (χ1v) is 13.6. The summed E-state index contributed by atoms with van der Waals surface area (Å²) in [5.41, 5.74) is 3.62. The van der Waals surface area contributed by atoms with Crippen LogP contribution in [-0.4, -0.2) is 58.9 Å². The molecule has 1 aliphatic rings. The summed E-state index contributed by atoms with van der Waals surface area (Å²) in [7, 11) is 4.34. The van der Waals surface area contributed by atoms with Crippen LogP contribution in [0.3, 0.4) is 0 Å². The van der Waals surface area contributed by atoms with Crippen molar-refractivity contribution in [2.45, 2.75) is 25.4 Å². The number of ether oxygens (including phenoxy) is 1. The molecule has 2 N–H and O–H groups in total. The molecule has 4 aromatic rings. The van der Waals surface area contributed by atoms with Gasteiger partial charge in [-0.1, -0.05) is 24.8 Å². The first-order chi connectivity index (χ1) is 18.5. The second-order valence-corrected chi connectivity index (χ2v) is 10.5. The van der Waals surface area contributed by atoms with Gasteiger partial charge in [0.05, 0.1) is 5.52 Å². The minimum atomic E-state index is -0.281. The van der Waals surface area contributed by atoms with E-state index in [-0.39, 0.29) is 5.91 Å². The van der Waals surface area contributed by atoms with Crippen LogP contribution in [0.1, 0.15) is 18.4 Å². The Labute approximate surface area is 227 Å². The molecule has 2 aromatic heterocycles. The molecular formula is C29H32N6O2S. The van der Waals surface area contributed by atoms with Crippen LogP contribution < -0.4 is 15.4 Å². The third-order valence-electron chi connectivity index (χ3n) is 6.68. The zero-order valence-corrected chi connectivity index (χ0v) is 22.5. The Morgan fingerprint density at radius 1 is 1.13 bits per heavy atom. The molecule has 2 aromatic carbocycles. The first kappa shape index (κ1) is 25.8. The number of likely N-dealkylation sites (tertiary alicyclic amines) is 1. The number of piperidine rings is 1. The van der Waals surface area contributed by atoms with Crippen LogP contribution in [0.2, 0.25) is 0 Å². The van der Waals surface area contributed by atoms with Crippen molar-refractivity contribution in [2.75, 3.05) is 37.8 Å². The minimum absolute atomic E-state index is 0.281. The third-order valence-corrected chi connectivity index (χ3v) is 7.57. The maximum absolute atomic E-state index is 11.7. The van der Waals surface area contributed by atoms with Gasteiger partial charge in [0.1, 0.15) is 10.4 Å². The van der Waals surface area contributed by atoms with E-state index in [9.17, 15) is 4.79 Å². The lowest BCUT2D eigenvalue weighted by atomic mass is 10.0. The molecule has 1 aliphatic heterocycles. The molecule has 0 spiro atoms. The van der Waals surface area contributed by atoms with Crippen LogP contribution >= 0.6 is 11.3 Å². The summed E-state index contributed by atoms with van der Waals surface area (Å²) in [4.78, 5) is 25.8. The van der Waals surface area contributed by atoms with E-state index in [0.29, 0.717) is 29.3 Å². The molecule has 3 heterocycles. The van der Waals surface area contributed by atoms with Crippen LogP contribution in [0.25, 0.3) is 10.2 Å². The molecule has 9 heteroatoms. The average molecular weight is 529 g/mol. The summed E-state index contributed by atoms with van der Waals surface area (Å²) in [6.07, 6.45) is 3.66. The molecule has 0 bridgehead atoms. The number of fused-ring (bicyclic) bond motifs is 1. The van der Waals surface area contributed by atoms with Crippen LogP contribution in [0.15, 0.2) is 72.6 Å². The number of carbonyl (C=O) groups is 1. The molecule has 1 saturated heterocycles. The topological polar surface area (TPSA) is 82.6 Å². The molecule has 1 amide bonds. The standard InChI is InChI=1S/C29H32N6O2S/c1-4-26(36)30-22-6-5-7-24(18-22)37-28-27-25(14-17-38-27)32-29(33-28)31-21-10-8-20(9-11-21)19-35-15-12-23(13-16-35)34(2)3/h4-11,14,17-18,23H,1,12-13,15-16,19H2,2-3H3,(H,30,36)(H,31,32,33). The van der Waals surface area contributed by atoms with E-state index in [1.807, 2.05) is 23.6 Å². The lowest BCUT2D eigenvalue weighted by molar-refractivity contribution is -0.111.